The Kier molecular flexibility index (Phi) is 5.13. The first kappa shape index (κ1) is 18.2. The zero-order valence-corrected chi connectivity index (χ0v) is 17.7. The topological polar surface area (TPSA) is 6.48 Å². The number of hydrogen-bond donors (Lipinski definition) is 0. The quantitative estimate of drug-likeness (QED) is 0.624. The lowest BCUT2D eigenvalue weighted by Gasteiger charge is -2.31. The summed E-state index contributed by atoms with van der Waals surface area (Å²) in [5.74, 6) is 0. The van der Waals surface area contributed by atoms with Gasteiger partial charge in [0.15, 0.2) is 0 Å². The van der Waals surface area contributed by atoms with E-state index in [1.54, 1.807) is 5.57 Å². The number of thiophene rings is 1. The lowest BCUT2D eigenvalue weighted by atomic mass is 9.87. The first-order valence-corrected chi connectivity index (χ1v) is 11.8. The van der Waals surface area contributed by atoms with Crippen LogP contribution in [0.25, 0.3) is 17.3 Å². The SMILES string of the molecule is CCN1CCC(=C2c3ccccc3C=C(N3CCCCC3)c3sccc32)CC1. The van der Waals surface area contributed by atoms with Crippen LogP contribution in [-0.4, -0.2) is 42.5 Å². The van der Waals surface area contributed by atoms with Crippen molar-refractivity contribution >= 4 is 28.7 Å². The van der Waals surface area contributed by atoms with Gasteiger partial charge in [-0.2, -0.15) is 0 Å². The maximum atomic E-state index is 2.64. The van der Waals surface area contributed by atoms with E-state index in [0.717, 1.165) is 0 Å². The molecular weight excluding hydrogens is 360 g/mol. The van der Waals surface area contributed by atoms with Gasteiger partial charge in [0.1, 0.15) is 0 Å². The largest absolute Gasteiger partial charge is 0.370 e. The zero-order chi connectivity index (χ0) is 18.9. The van der Waals surface area contributed by atoms with Gasteiger partial charge in [0.2, 0.25) is 0 Å². The van der Waals surface area contributed by atoms with E-state index in [2.05, 4.69) is 58.5 Å². The highest BCUT2D eigenvalue weighted by Gasteiger charge is 2.27. The molecule has 0 unspecified atom stereocenters. The highest BCUT2D eigenvalue weighted by molar-refractivity contribution is 7.11. The fourth-order valence-corrected chi connectivity index (χ4v) is 6.00. The van der Waals surface area contributed by atoms with Gasteiger partial charge in [0.25, 0.3) is 0 Å². The van der Waals surface area contributed by atoms with Gasteiger partial charge in [-0.15, -0.1) is 11.3 Å². The van der Waals surface area contributed by atoms with Crippen LogP contribution < -0.4 is 0 Å². The second kappa shape index (κ2) is 7.88. The van der Waals surface area contributed by atoms with Crippen molar-refractivity contribution in [1.82, 2.24) is 9.80 Å². The van der Waals surface area contributed by atoms with Crippen molar-refractivity contribution < 1.29 is 0 Å². The number of likely N-dealkylation sites (tertiary alicyclic amines) is 2. The Morgan fingerprint density at radius 1 is 0.893 bits per heavy atom. The molecule has 0 amide bonds. The standard InChI is InChI=1S/C25H30N2S/c1-2-26-15-10-19(11-16-26)24-21-9-5-4-8-20(21)18-23(25-22(24)12-17-28-25)27-13-6-3-7-14-27/h4-5,8-9,12,17-18H,2-3,6-7,10-11,13-16H2,1H3. The summed E-state index contributed by atoms with van der Waals surface area (Å²) in [6, 6.07) is 11.5. The lowest BCUT2D eigenvalue weighted by Crippen LogP contribution is -2.30. The van der Waals surface area contributed by atoms with Crippen molar-refractivity contribution in [3.8, 4) is 0 Å². The van der Waals surface area contributed by atoms with E-state index in [1.165, 1.54) is 97.7 Å². The van der Waals surface area contributed by atoms with Crippen LogP contribution in [0.15, 0.2) is 41.3 Å². The second-order valence-electron chi connectivity index (χ2n) is 8.24. The molecule has 2 aromatic rings. The number of hydrogen-bond acceptors (Lipinski definition) is 3. The molecule has 0 saturated carbocycles. The molecule has 0 radical (unpaired) electrons. The van der Waals surface area contributed by atoms with Crippen molar-refractivity contribution in [3.05, 3.63) is 62.9 Å². The lowest BCUT2D eigenvalue weighted by molar-refractivity contribution is 0.270. The summed E-state index contributed by atoms with van der Waals surface area (Å²) in [5, 5.41) is 2.30. The van der Waals surface area contributed by atoms with Crippen LogP contribution in [0.3, 0.4) is 0 Å². The van der Waals surface area contributed by atoms with E-state index in [4.69, 9.17) is 0 Å². The van der Waals surface area contributed by atoms with Crippen LogP contribution in [-0.2, 0) is 0 Å². The van der Waals surface area contributed by atoms with Crippen LogP contribution in [0.1, 0.15) is 60.6 Å². The highest BCUT2D eigenvalue weighted by atomic mass is 32.1. The van der Waals surface area contributed by atoms with Crippen molar-refractivity contribution in [1.29, 1.82) is 0 Å². The third kappa shape index (κ3) is 3.25. The van der Waals surface area contributed by atoms with E-state index < -0.39 is 0 Å². The van der Waals surface area contributed by atoms with Gasteiger partial charge in [0.05, 0.1) is 10.6 Å². The smallest absolute Gasteiger partial charge is 0.0582 e. The van der Waals surface area contributed by atoms with Crippen molar-refractivity contribution in [2.75, 3.05) is 32.7 Å². The molecule has 3 heteroatoms. The summed E-state index contributed by atoms with van der Waals surface area (Å²) in [4.78, 5) is 6.71. The summed E-state index contributed by atoms with van der Waals surface area (Å²) in [6.07, 6.45) is 8.89. The molecule has 0 atom stereocenters. The molecule has 2 fully saturated rings. The van der Waals surface area contributed by atoms with Crippen molar-refractivity contribution in [3.63, 3.8) is 0 Å². The molecule has 146 valence electrons. The van der Waals surface area contributed by atoms with Crippen LogP contribution in [0.2, 0.25) is 0 Å². The summed E-state index contributed by atoms with van der Waals surface area (Å²) in [6.45, 7) is 8.24. The molecule has 3 heterocycles. The Balaban J connectivity index is 1.66. The maximum Gasteiger partial charge on any atom is 0.0582 e. The Bertz CT molecular complexity index is 904. The van der Waals surface area contributed by atoms with Crippen molar-refractivity contribution in [2.45, 2.75) is 39.0 Å². The predicted octanol–water partition coefficient (Wildman–Crippen LogP) is 5.96. The molecule has 1 aromatic heterocycles. The van der Waals surface area contributed by atoms with E-state index in [9.17, 15) is 0 Å². The summed E-state index contributed by atoms with van der Waals surface area (Å²) in [5.41, 5.74) is 8.96. The number of nitrogens with zero attached hydrogens (tertiary/aromatic N) is 2. The van der Waals surface area contributed by atoms with E-state index in [1.807, 2.05) is 11.3 Å². The maximum absolute atomic E-state index is 2.64. The molecule has 0 N–H and O–H groups in total. The van der Waals surface area contributed by atoms with Crippen LogP contribution in [0.5, 0.6) is 0 Å². The zero-order valence-electron chi connectivity index (χ0n) is 16.9. The Hall–Kier alpha value is -1.84. The van der Waals surface area contributed by atoms with E-state index in [0.29, 0.717) is 0 Å². The fraction of sp³-hybridized carbons (Fsp3) is 0.440. The molecule has 5 rings (SSSR count). The normalized spacial score (nSPS) is 20.5. The predicted molar refractivity (Wildman–Crippen MR) is 121 cm³/mol. The Morgan fingerprint density at radius 2 is 1.68 bits per heavy atom. The molecule has 1 aromatic carbocycles. The molecular formula is C25H30N2S. The fourth-order valence-electron chi connectivity index (χ4n) is 5.05. The molecule has 0 bridgehead atoms. The van der Waals surface area contributed by atoms with E-state index in [-0.39, 0.29) is 0 Å². The second-order valence-corrected chi connectivity index (χ2v) is 9.16. The van der Waals surface area contributed by atoms with Gasteiger partial charge in [0, 0.05) is 31.7 Å². The number of fused-ring (bicyclic) bond motifs is 2. The molecule has 3 aliphatic rings. The summed E-state index contributed by atoms with van der Waals surface area (Å²) in [7, 11) is 0. The third-order valence-corrected chi connectivity index (χ3v) is 7.58. The number of piperidine rings is 2. The van der Waals surface area contributed by atoms with Crippen molar-refractivity contribution in [2.24, 2.45) is 0 Å². The molecule has 28 heavy (non-hydrogen) atoms. The van der Waals surface area contributed by atoms with Gasteiger partial charge in [-0.25, -0.2) is 0 Å². The number of rotatable bonds is 2. The minimum absolute atomic E-state index is 1.17. The molecule has 1 aliphatic carbocycles. The van der Waals surface area contributed by atoms with Gasteiger partial charge in [-0.3, -0.25) is 0 Å². The Labute approximate surface area is 173 Å². The third-order valence-electron chi connectivity index (χ3n) is 6.65. The summed E-state index contributed by atoms with van der Waals surface area (Å²) < 4.78 is 0. The van der Waals surface area contributed by atoms with Crippen LogP contribution in [0.4, 0.5) is 0 Å². The molecule has 2 saturated heterocycles. The molecule has 2 nitrogen and oxygen atoms in total. The summed E-state index contributed by atoms with van der Waals surface area (Å²) >= 11 is 1.93. The highest BCUT2D eigenvalue weighted by Crippen LogP contribution is 2.44. The minimum atomic E-state index is 1.17. The first-order valence-electron chi connectivity index (χ1n) is 10.9. The number of benzene rings is 1. The van der Waals surface area contributed by atoms with Gasteiger partial charge in [-0.1, -0.05) is 36.8 Å². The van der Waals surface area contributed by atoms with Gasteiger partial charge >= 0.3 is 0 Å². The van der Waals surface area contributed by atoms with Gasteiger partial charge in [-0.05, 0) is 72.9 Å². The Morgan fingerprint density at radius 3 is 2.46 bits per heavy atom. The van der Waals surface area contributed by atoms with E-state index >= 15 is 0 Å². The van der Waals surface area contributed by atoms with Gasteiger partial charge < -0.3 is 9.80 Å². The monoisotopic (exact) mass is 390 g/mol. The minimum Gasteiger partial charge on any atom is -0.370 e. The molecule has 0 spiro atoms. The average molecular weight is 391 g/mol. The van der Waals surface area contributed by atoms with Crippen LogP contribution in [0, 0.1) is 0 Å². The molecule has 2 aliphatic heterocycles. The van der Waals surface area contributed by atoms with Crippen LogP contribution >= 0.6 is 11.3 Å². The first-order chi connectivity index (χ1) is 13.8. The average Bonchev–Trinajstić information content (AvgIpc) is 3.18.